The maximum atomic E-state index is 11.1. The van der Waals surface area contributed by atoms with Gasteiger partial charge in [-0.05, 0) is 18.1 Å². The summed E-state index contributed by atoms with van der Waals surface area (Å²) in [4.78, 5) is 20.9. The number of rotatable bonds is 3. The Morgan fingerprint density at radius 3 is 2.72 bits per heavy atom. The van der Waals surface area contributed by atoms with Gasteiger partial charge in [0.1, 0.15) is 0 Å². The van der Waals surface area contributed by atoms with Crippen molar-refractivity contribution in [2.24, 2.45) is 0 Å². The summed E-state index contributed by atoms with van der Waals surface area (Å²) in [6.45, 7) is 5.65. The average molecular weight is 261 g/mol. The second kappa shape index (κ2) is 5.27. The molecule has 0 aliphatic carbocycles. The molecule has 1 amide bonds. The van der Waals surface area contributed by atoms with Gasteiger partial charge in [0.15, 0.2) is 5.13 Å². The SMILES string of the molecule is CC(=O)Nc1nc(C(C)C)c(-c2ccccn2)s1. The fourth-order valence-corrected chi connectivity index (χ4v) is 2.75. The van der Waals surface area contributed by atoms with Gasteiger partial charge in [-0.3, -0.25) is 9.78 Å². The summed E-state index contributed by atoms with van der Waals surface area (Å²) in [7, 11) is 0. The Morgan fingerprint density at radius 2 is 2.17 bits per heavy atom. The van der Waals surface area contributed by atoms with Gasteiger partial charge in [0.2, 0.25) is 5.91 Å². The Bertz CT molecular complexity index is 549. The van der Waals surface area contributed by atoms with Gasteiger partial charge in [0.05, 0.1) is 16.3 Å². The van der Waals surface area contributed by atoms with Crippen molar-refractivity contribution in [2.45, 2.75) is 26.7 Å². The number of nitrogens with zero attached hydrogens (tertiary/aromatic N) is 2. The third-order valence-corrected chi connectivity index (χ3v) is 3.39. The van der Waals surface area contributed by atoms with E-state index < -0.39 is 0 Å². The summed E-state index contributed by atoms with van der Waals surface area (Å²) < 4.78 is 0. The van der Waals surface area contributed by atoms with Crippen molar-refractivity contribution in [3.63, 3.8) is 0 Å². The van der Waals surface area contributed by atoms with Crippen molar-refractivity contribution >= 4 is 22.4 Å². The highest BCUT2D eigenvalue weighted by atomic mass is 32.1. The van der Waals surface area contributed by atoms with Crippen molar-refractivity contribution in [1.29, 1.82) is 0 Å². The minimum absolute atomic E-state index is 0.105. The first-order chi connectivity index (χ1) is 8.58. The predicted octanol–water partition coefficient (Wildman–Crippen LogP) is 3.29. The van der Waals surface area contributed by atoms with Crippen LogP contribution in [0, 0.1) is 0 Å². The zero-order valence-corrected chi connectivity index (χ0v) is 11.4. The van der Waals surface area contributed by atoms with E-state index >= 15 is 0 Å². The van der Waals surface area contributed by atoms with Crippen molar-refractivity contribution in [3.8, 4) is 10.6 Å². The highest BCUT2D eigenvalue weighted by Crippen LogP contribution is 2.35. The lowest BCUT2D eigenvalue weighted by molar-refractivity contribution is -0.114. The van der Waals surface area contributed by atoms with Crippen molar-refractivity contribution in [1.82, 2.24) is 9.97 Å². The number of hydrogen-bond donors (Lipinski definition) is 1. The van der Waals surface area contributed by atoms with Crippen LogP contribution in [0.15, 0.2) is 24.4 Å². The van der Waals surface area contributed by atoms with Crippen LogP contribution >= 0.6 is 11.3 Å². The molecular formula is C13H15N3OS. The molecule has 0 aliphatic heterocycles. The van der Waals surface area contributed by atoms with E-state index in [-0.39, 0.29) is 5.91 Å². The minimum Gasteiger partial charge on any atom is -0.302 e. The molecule has 0 spiro atoms. The quantitative estimate of drug-likeness (QED) is 0.922. The van der Waals surface area contributed by atoms with E-state index in [4.69, 9.17) is 0 Å². The van der Waals surface area contributed by atoms with Crippen LogP contribution in [0.2, 0.25) is 0 Å². The van der Waals surface area contributed by atoms with Gasteiger partial charge in [0, 0.05) is 13.1 Å². The Morgan fingerprint density at radius 1 is 1.39 bits per heavy atom. The molecule has 4 nitrogen and oxygen atoms in total. The van der Waals surface area contributed by atoms with Gasteiger partial charge < -0.3 is 5.32 Å². The molecule has 18 heavy (non-hydrogen) atoms. The summed E-state index contributed by atoms with van der Waals surface area (Å²) in [6, 6.07) is 5.79. The highest BCUT2D eigenvalue weighted by Gasteiger charge is 2.16. The number of carbonyl (C=O) groups excluding carboxylic acids is 1. The molecule has 1 N–H and O–H groups in total. The molecular weight excluding hydrogens is 246 g/mol. The fourth-order valence-electron chi connectivity index (χ4n) is 1.61. The number of aromatic nitrogens is 2. The molecule has 0 atom stereocenters. The lowest BCUT2D eigenvalue weighted by atomic mass is 10.1. The summed E-state index contributed by atoms with van der Waals surface area (Å²) in [5, 5.41) is 3.36. The van der Waals surface area contributed by atoms with E-state index in [0.717, 1.165) is 16.3 Å². The van der Waals surface area contributed by atoms with Crippen LogP contribution in [0.25, 0.3) is 10.6 Å². The molecule has 2 rings (SSSR count). The van der Waals surface area contributed by atoms with Crippen LogP contribution in [0.3, 0.4) is 0 Å². The number of amides is 1. The van der Waals surface area contributed by atoms with Crippen LogP contribution < -0.4 is 5.32 Å². The number of pyridine rings is 1. The third-order valence-electron chi connectivity index (χ3n) is 2.38. The summed E-state index contributed by atoms with van der Waals surface area (Å²) in [5.74, 6) is 0.187. The predicted molar refractivity (Wildman–Crippen MR) is 73.7 cm³/mol. The van der Waals surface area contributed by atoms with E-state index in [1.54, 1.807) is 6.20 Å². The molecule has 0 aliphatic rings. The van der Waals surface area contributed by atoms with E-state index in [2.05, 4.69) is 29.1 Å². The van der Waals surface area contributed by atoms with Gasteiger partial charge in [-0.25, -0.2) is 4.98 Å². The molecule has 0 unspecified atom stereocenters. The first-order valence-electron chi connectivity index (χ1n) is 5.77. The molecule has 0 radical (unpaired) electrons. The van der Waals surface area contributed by atoms with E-state index in [9.17, 15) is 4.79 Å². The van der Waals surface area contributed by atoms with Gasteiger partial charge in [0.25, 0.3) is 0 Å². The molecule has 0 aromatic carbocycles. The molecule has 2 aromatic rings. The molecule has 0 saturated heterocycles. The Kier molecular flexibility index (Phi) is 3.72. The van der Waals surface area contributed by atoms with Crippen molar-refractivity contribution in [3.05, 3.63) is 30.1 Å². The smallest absolute Gasteiger partial charge is 0.223 e. The maximum Gasteiger partial charge on any atom is 0.223 e. The zero-order chi connectivity index (χ0) is 13.1. The highest BCUT2D eigenvalue weighted by molar-refractivity contribution is 7.19. The Balaban J connectivity index is 2.45. The lowest BCUT2D eigenvalue weighted by Crippen LogP contribution is -2.05. The van der Waals surface area contributed by atoms with Crippen LogP contribution in [-0.4, -0.2) is 15.9 Å². The standard InChI is InChI=1S/C13H15N3OS/c1-8(2)11-12(10-6-4-5-7-14-10)18-13(16-11)15-9(3)17/h4-8H,1-3H3,(H,15,16,17). The van der Waals surface area contributed by atoms with E-state index in [0.29, 0.717) is 11.0 Å². The molecule has 0 saturated carbocycles. The maximum absolute atomic E-state index is 11.1. The normalized spacial score (nSPS) is 10.7. The average Bonchev–Trinajstić information content (AvgIpc) is 2.73. The topological polar surface area (TPSA) is 54.9 Å². The van der Waals surface area contributed by atoms with Crippen molar-refractivity contribution < 1.29 is 4.79 Å². The fraction of sp³-hybridized carbons (Fsp3) is 0.308. The van der Waals surface area contributed by atoms with Gasteiger partial charge in [-0.15, -0.1) is 0 Å². The summed E-state index contributed by atoms with van der Waals surface area (Å²) in [5.41, 5.74) is 1.87. The number of carbonyl (C=O) groups is 1. The Hall–Kier alpha value is -1.75. The molecule has 5 heteroatoms. The van der Waals surface area contributed by atoms with E-state index in [1.165, 1.54) is 18.3 Å². The zero-order valence-electron chi connectivity index (χ0n) is 10.6. The number of hydrogen-bond acceptors (Lipinski definition) is 4. The largest absolute Gasteiger partial charge is 0.302 e. The van der Waals surface area contributed by atoms with Crippen LogP contribution in [0.1, 0.15) is 32.4 Å². The lowest BCUT2D eigenvalue weighted by Gasteiger charge is -2.03. The number of thiazole rings is 1. The van der Waals surface area contributed by atoms with Crippen LogP contribution in [0.5, 0.6) is 0 Å². The monoisotopic (exact) mass is 261 g/mol. The third kappa shape index (κ3) is 2.73. The molecule has 2 aromatic heterocycles. The second-order valence-electron chi connectivity index (χ2n) is 4.28. The van der Waals surface area contributed by atoms with Crippen molar-refractivity contribution in [2.75, 3.05) is 5.32 Å². The van der Waals surface area contributed by atoms with Gasteiger partial charge in [-0.2, -0.15) is 0 Å². The summed E-state index contributed by atoms with van der Waals surface area (Å²) in [6.07, 6.45) is 1.76. The van der Waals surface area contributed by atoms with Gasteiger partial charge in [-0.1, -0.05) is 31.3 Å². The first-order valence-corrected chi connectivity index (χ1v) is 6.59. The molecule has 94 valence electrons. The van der Waals surface area contributed by atoms with E-state index in [1.807, 2.05) is 18.2 Å². The molecule has 2 heterocycles. The number of nitrogens with one attached hydrogen (secondary N) is 1. The number of anilines is 1. The summed E-state index contributed by atoms with van der Waals surface area (Å²) >= 11 is 1.46. The second-order valence-corrected chi connectivity index (χ2v) is 5.28. The first kappa shape index (κ1) is 12.7. The molecule has 0 bridgehead atoms. The molecule has 0 fully saturated rings. The van der Waals surface area contributed by atoms with Crippen LogP contribution in [-0.2, 0) is 4.79 Å². The minimum atomic E-state index is -0.105. The van der Waals surface area contributed by atoms with Crippen LogP contribution in [0.4, 0.5) is 5.13 Å². The Labute approximate surface area is 110 Å². The van der Waals surface area contributed by atoms with Gasteiger partial charge >= 0.3 is 0 Å².